The van der Waals surface area contributed by atoms with Crippen molar-refractivity contribution in [3.8, 4) is 0 Å². The van der Waals surface area contributed by atoms with Crippen molar-refractivity contribution in [1.82, 2.24) is 10.2 Å². The number of aryl methyl sites for hydroxylation is 1. The Morgan fingerprint density at radius 3 is 2.45 bits per heavy atom. The van der Waals surface area contributed by atoms with Gasteiger partial charge in [0.05, 0.1) is 0 Å². The molecule has 0 saturated heterocycles. The molecule has 1 N–H and O–H groups in total. The molecule has 0 radical (unpaired) electrons. The van der Waals surface area contributed by atoms with Crippen molar-refractivity contribution in [2.75, 3.05) is 19.6 Å². The van der Waals surface area contributed by atoms with Gasteiger partial charge in [0.2, 0.25) is 0 Å². The van der Waals surface area contributed by atoms with Crippen LogP contribution >= 0.6 is 11.3 Å². The average molecular weight is 297 g/mol. The fourth-order valence-electron chi connectivity index (χ4n) is 3.02. The molecule has 0 fully saturated rings. The number of nitrogens with one attached hydrogen (secondary N) is 1. The maximum Gasteiger partial charge on any atom is 0.0306 e. The number of likely N-dealkylation sites (N-methyl/N-ethyl adjacent to an activating group) is 1. The summed E-state index contributed by atoms with van der Waals surface area (Å²) in [6.45, 7) is 14.9. The van der Waals surface area contributed by atoms with E-state index in [9.17, 15) is 0 Å². The first-order valence-electron chi connectivity index (χ1n) is 8.07. The molecule has 20 heavy (non-hydrogen) atoms. The lowest BCUT2D eigenvalue weighted by molar-refractivity contribution is 0.0877. The third-order valence-electron chi connectivity index (χ3n) is 4.33. The van der Waals surface area contributed by atoms with Gasteiger partial charge in [0.1, 0.15) is 0 Å². The highest BCUT2D eigenvalue weighted by Gasteiger charge is 2.33. The van der Waals surface area contributed by atoms with Crippen LogP contribution in [-0.2, 0) is 6.42 Å². The van der Waals surface area contributed by atoms with E-state index in [4.69, 9.17) is 0 Å². The monoisotopic (exact) mass is 296 g/mol. The van der Waals surface area contributed by atoms with Gasteiger partial charge in [0.15, 0.2) is 0 Å². The normalized spacial score (nSPS) is 13.9. The van der Waals surface area contributed by atoms with E-state index in [1.165, 1.54) is 24.1 Å². The Morgan fingerprint density at radius 2 is 1.95 bits per heavy atom. The van der Waals surface area contributed by atoms with Gasteiger partial charge in [-0.3, -0.25) is 4.90 Å². The zero-order chi connectivity index (χ0) is 15.0. The van der Waals surface area contributed by atoms with Crippen LogP contribution in [0.5, 0.6) is 0 Å². The van der Waals surface area contributed by atoms with Crippen molar-refractivity contribution in [3.63, 3.8) is 0 Å². The van der Waals surface area contributed by atoms with Crippen LogP contribution in [-0.4, -0.2) is 36.1 Å². The Hall–Kier alpha value is -0.380. The van der Waals surface area contributed by atoms with Gasteiger partial charge in [-0.15, -0.1) is 11.3 Å². The SMILES string of the molecule is CCCNC(CCc1cccs1)C(C)(C)N(CC)CC. The maximum absolute atomic E-state index is 3.78. The predicted octanol–water partition coefficient (Wildman–Crippen LogP) is 4.17. The van der Waals surface area contributed by atoms with Crippen molar-refractivity contribution < 1.29 is 0 Å². The lowest BCUT2D eigenvalue weighted by Gasteiger charge is -2.44. The molecular formula is C17H32N2S. The highest BCUT2D eigenvalue weighted by Crippen LogP contribution is 2.23. The van der Waals surface area contributed by atoms with Gasteiger partial charge in [0, 0.05) is 16.5 Å². The third kappa shape index (κ3) is 4.87. The Balaban J connectivity index is 2.70. The Kier molecular flexibility index (Phi) is 7.78. The van der Waals surface area contributed by atoms with Gasteiger partial charge >= 0.3 is 0 Å². The van der Waals surface area contributed by atoms with Crippen molar-refractivity contribution in [1.29, 1.82) is 0 Å². The molecular weight excluding hydrogens is 264 g/mol. The van der Waals surface area contributed by atoms with Crippen molar-refractivity contribution >= 4 is 11.3 Å². The van der Waals surface area contributed by atoms with Crippen LogP contribution in [0.2, 0.25) is 0 Å². The first-order chi connectivity index (χ1) is 9.56. The van der Waals surface area contributed by atoms with E-state index in [0.29, 0.717) is 6.04 Å². The second kappa shape index (κ2) is 8.81. The molecule has 0 aromatic carbocycles. The second-order valence-corrected chi connectivity index (χ2v) is 6.98. The number of hydrogen-bond donors (Lipinski definition) is 1. The first kappa shape index (κ1) is 17.7. The zero-order valence-corrected chi connectivity index (χ0v) is 14.7. The Morgan fingerprint density at radius 1 is 1.25 bits per heavy atom. The van der Waals surface area contributed by atoms with E-state index < -0.39 is 0 Å². The molecule has 0 amide bonds. The molecule has 0 aliphatic rings. The predicted molar refractivity (Wildman–Crippen MR) is 91.7 cm³/mol. The second-order valence-electron chi connectivity index (χ2n) is 5.95. The third-order valence-corrected chi connectivity index (χ3v) is 5.27. The largest absolute Gasteiger partial charge is 0.312 e. The molecule has 116 valence electrons. The summed E-state index contributed by atoms with van der Waals surface area (Å²) in [4.78, 5) is 4.08. The van der Waals surface area contributed by atoms with E-state index >= 15 is 0 Å². The van der Waals surface area contributed by atoms with Gasteiger partial charge in [-0.25, -0.2) is 0 Å². The molecule has 0 saturated carbocycles. The molecule has 1 heterocycles. The minimum absolute atomic E-state index is 0.204. The van der Waals surface area contributed by atoms with E-state index in [0.717, 1.165) is 19.6 Å². The fraction of sp³-hybridized carbons (Fsp3) is 0.765. The summed E-state index contributed by atoms with van der Waals surface area (Å²) < 4.78 is 0. The Labute approximate surface area is 129 Å². The van der Waals surface area contributed by atoms with Gasteiger partial charge in [-0.2, -0.15) is 0 Å². The molecule has 3 heteroatoms. The summed E-state index contributed by atoms with van der Waals surface area (Å²) in [5, 5.41) is 5.96. The highest BCUT2D eigenvalue weighted by atomic mass is 32.1. The zero-order valence-electron chi connectivity index (χ0n) is 13.9. The molecule has 0 aliphatic heterocycles. The van der Waals surface area contributed by atoms with E-state index in [2.05, 4.69) is 62.3 Å². The van der Waals surface area contributed by atoms with Crippen molar-refractivity contribution in [3.05, 3.63) is 22.4 Å². The molecule has 1 aromatic rings. The van der Waals surface area contributed by atoms with Crippen molar-refractivity contribution in [2.45, 2.75) is 65.5 Å². The maximum atomic E-state index is 3.78. The Bertz CT molecular complexity index is 342. The van der Waals surface area contributed by atoms with Crippen LogP contribution < -0.4 is 5.32 Å². The van der Waals surface area contributed by atoms with Crippen LogP contribution in [0.3, 0.4) is 0 Å². The van der Waals surface area contributed by atoms with Gasteiger partial charge < -0.3 is 5.32 Å². The van der Waals surface area contributed by atoms with Crippen LogP contribution in [0.4, 0.5) is 0 Å². The van der Waals surface area contributed by atoms with Crippen LogP contribution in [0.15, 0.2) is 17.5 Å². The van der Waals surface area contributed by atoms with Gasteiger partial charge in [0.25, 0.3) is 0 Å². The summed E-state index contributed by atoms with van der Waals surface area (Å²) in [6, 6.07) is 4.96. The smallest absolute Gasteiger partial charge is 0.0306 e. The summed E-state index contributed by atoms with van der Waals surface area (Å²) in [5.41, 5.74) is 0.204. The minimum atomic E-state index is 0.204. The minimum Gasteiger partial charge on any atom is -0.312 e. The topological polar surface area (TPSA) is 15.3 Å². The number of thiophene rings is 1. The van der Waals surface area contributed by atoms with E-state index in [1.54, 1.807) is 0 Å². The summed E-state index contributed by atoms with van der Waals surface area (Å²) >= 11 is 1.88. The lowest BCUT2D eigenvalue weighted by atomic mass is 9.88. The number of hydrogen-bond acceptors (Lipinski definition) is 3. The van der Waals surface area contributed by atoms with Crippen LogP contribution in [0, 0.1) is 0 Å². The quantitative estimate of drug-likeness (QED) is 0.697. The summed E-state index contributed by atoms with van der Waals surface area (Å²) in [7, 11) is 0. The lowest BCUT2D eigenvalue weighted by Crippen LogP contribution is -2.58. The van der Waals surface area contributed by atoms with Crippen molar-refractivity contribution in [2.24, 2.45) is 0 Å². The molecule has 1 atom stereocenters. The van der Waals surface area contributed by atoms with E-state index in [-0.39, 0.29) is 5.54 Å². The average Bonchev–Trinajstić information content (AvgIpc) is 2.92. The first-order valence-corrected chi connectivity index (χ1v) is 8.94. The highest BCUT2D eigenvalue weighted by molar-refractivity contribution is 7.09. The van der Waals surface area contributed by atoms with Crippen LogP contribution in [0.25, 0.3) is 0 Å². The summed E-state index contributed by atoms with van der Waals surface area (Å²) in [6.07, 6.45) is 3.59. The molecule has 0 bridgehead atoms. The summed E-state index contributed by atoms with van der Waals surface area (Å²) in [5.74, 6) is 0. The van der Waals surface area contributed by atoms with E-state index in [1.807, 2.05) is 11.3 Å². The standard InChI is InChI=1S/C17H32N2S/c1-6-13-18-16(12-11-15-10-9-14-20-15)17(4,5)19(7-2)8-3/h9-10,14,16,18H,6-8,11-13H2,1-5H3. The number of nitrogens with zero attached hydrogens (tertiary/aromatic N) is 1. The molecule has 1 unspecified atom stereocenters. The fourth-order valence-corrected chi connectivity index (χ4v) is 3.75. The molecule has 1 aromatic heterocycles. The van der Waals surface area contributed by atoms with Gasteiger partial charge in [-0.05, 0) is 64.2 Å². The molecule has 0 spiro atoms. The molecule has 1 rings (SSSR count). The van der Waals surface area contributed by atoms with Crippen LogP contribution in [0.1, 0.15) is 52.3 Å². The number of rotatable bonds is 10. The molecule has 2 nitrogen and oxygen atoms in total. The van der Waals surface area contributed by atoms with Gasteiger partial charge in [-0.1, -0.05) is 26.8 Å². The molecule has 0 aliphatic carbocycles.